The molecule has 0 atom stereocenters. The van der Waals surface area contributed by atoms with Gasteiger partial charge in [0.2, 0.25) is 5.89 Å². The molecule has 0 bridgehead atoms. The second-order valence-electron chi connectivity index (χ2n) is 3.17. The van der Waals surface area contributed by atoms with Crippen molar-refractivity contribution in [1.82, 2.24) is 9.97 Å². The molecule has 0 N–H and O–H groups in total. The van der Waals surface area contributed by atoms with Crippen molar-refractivity contribution in [2.75, 3.05) is 0 Å². The molecule has 0 radical (unpaired) electrons. The minimum atomic E-state index is 0.323. The minimum Gasteiger partial charge on any atom is -0.482 e. The lowest BCUT2D eigenvalue weighted by Crippen LogP contribution is -1.95. The lowest BCUT2D eigenvalue weighted by atomic mass is 10.3. The van der Waals surface area contributed by atoms with Crippen LogP contribution in [0.5, 0.6) is 5.75 Å². The number of hydrogen-bond donors (Lipinski definition) is 0. The summed E-state index contributed by atoms with van der Waals surface area (Å²) in [4.78, 5) is 8.25. The lowest BCUT2D eigenvalue weighted by Gasteiger charge is -2.03. The summed E-state index contributed by atoms with van der Waals surface area (Å²) in [6.45, 7) is 0.323. The van der Waals surface area contributed by atoms with Gasteiger partial charge < -0.3 is 9.15 Å². The van der Waals surface area contributed by atoms with Crippen LogP contribution in [0.1, 0.15) is 5.89 Å². The van der Waals surface area contributed by atoms with Crippen molar-refractivity contribution in [2.45, 2.75) is 6.61 Å². The molecular formula is C11H8N2O2S. The maximum atomic E-state index is 5.61. The van der Waals surface area contributed by atoms with Crippen molar-refractivity contribution in [3.8, 4) is 5.75 Å². The monoisotopic (exact) mass is 232 g/mol. The molecular weight excluding hydrogens is 224 g/mol. The van der Waals surface area contributed by atoms with Gasteiger partial charge in [-0.15, -0.1) is 11.3 Å². The number of oxazole rings is 1. The van der Waals surface area contributed by atoms with E-state index in [0.717, 1.165) is 16.0 Å². The van der Waals surface area contributed by atoms with Crippen LogP contribution in [0.4, 0.5) is 0 Å². The molecule has 3 aromatic rings. The Kier molecular flexibility index (Phi) is 2.30. The first kappa shape index (κ1) is 9.35. The number of thiazole rings is 1. The molecule has 80 valence electrons. The van der Waals surface area contributed by atoms with E-state index in [1.807, 2.05) is 23.7 Å². The van der Waals surface area contributed by atoms with E-state index < -0.39 is 0 Å². The smallest absolute Gasteiger partial charge is 0.232 e. The fraction of sp³-hybridized carbons (Fsp3) is 0.0909. The number of nitrogens with zero attached hydrogens (tertiary/aromatic N) is 2. The average molecular weight is 232 g/mol. The van der Waals surface area contributed by atoms with Crippen molar-refractivity contribution in [1.29, 1.82) is 0 Å². The van der Waals surface area contributed by atoms with Gasteiger partial charge in [-0.25, -0.2) is 9.97 Å². The predicted octanol–water partition coefficient (Wildman–Crippen LogP) is 2.86. The summed E-state index contributed by atoms with van der Waals surface area (Å²) in [5.41, 5.74) is 2.70. The molecule has 0 fully saturated rings. The van der Waals surface area contributed by atoms with Gasteiger partial charge in [-0.2, -0.15) is 0 Å². The number of ether oxygens (including phenoxy) is 1. The third-order valence-electron chi connectivity index (χ3n) is 2.16. The lowest BCUT2D eigenvalue weighted by molar-refractivity contribution is 0.265. The van der Waals surface area contributed by atoms with E-state index in [2.05, 4.69) is 9.97 Å². The van der Waals surface area contributed by atoms with Crippen LogP contribution in [0, 0.1) is 0 Å². The number of benzene rings is 1. The Morgan fingerprint density at radius 2 is 2.31 bits per heavy atom. The summed E-state index contributed by atoms with van der Waals surface area (Å²) in [6.07, 6.45) is 3.13. The molecule has 1 aromatic carbocycles. The SMILES string of the molecule is c1cc(OCc2ncco2)c2ncsc2c1. The van der Waals surface area contributed by atoms with E-state index in [0.29, 0.717) is 12.5 Å². The molecule has 0 aliphatic heterocycles. The number of aromatic nitrogens is 2. The van der Waals surface area contributed by atoms with E-state index in [1.165, 1.54) is 6.26 Å². The molecule has 0 saturated heterocycles. The summed E-state index contributed by atoms with van der Waals surface area (Å²) in [5.74, 6) is 1.32. The van der Waals surface area contributed by atoms with Crippen LogP contribution in [0.3, 0.4) is 0 Å². The second kappa shape index (κ2) is 3.94. The Hall–Kier alpha value is -1.88. The van der Waals surface area contributed by atoms with Crippen molar-refractivity contribution in [3.63, 3.8) is 0 Å². The molecule has 4 nitrogen and oxygen atoms in total. The maximum Gasteiger partial charge on any atom is 0.232 e. The Balaban J connectivity index is 1.86. The average Bonchev–Trinajstić information content (AvgIpc) is 2.97. The van der Waals surface area contributed by atoms with E-state index in [1.54, 1.807) is 17.5 Å². The Morgan fingerprint density at radius 3 is 3.19 bits per heavy atom. The predicted molar refractivity (Wildman–Crippen MR) is 60.5 cm³/mol. The van der Waals surface area contributed by atoms with Crippen molar-refractivity contribution < 1.29 is 9.15 Å². The highest BCUT2D eigenvalue weighted by molar-refractivity contribution is 7.16. The fourth-order valence-corrected chi connectivity index (χ4v) is 2.13. The molecule has 0 aliphatic rings. The Morgan fingerprint density at radius 1 is 1.31 bits per heavy atom. The third kappa shape index (κ3) is 1.65. The van der Waals surface area contributed by atoms with Crippen LogP contribution in [-0.2, 0) is 6.61 Å². The molecule has 0 saturated carbocycles. The summed E-state index contributed by atoms with van der Waals surface area (Å²) in [5, 5.41) is 0. The molecule has 0 unspecified atom stereocenters. The highest BCUT2D eigenvalue weighted by Gasteiger charge is 2.05. The molecule has 0 spiro atoms. The molecule has 2 aromatic heterocycles. The number of fused-ring (bicyclic) bond motifs is 1. The standard InChI is InChI=1S/C11H8N2O2S/c1-2-8(11-9(3-1)16-7-13-11)15-6-10-12-4-5-14-10/h1-5,7H,6H2. The maximum absolute atomic E-state index is 5.61. The van der Waals surface area contributed by atoms with Gasteiger partial charge in [-0.3, -0.25) is 0 Å². The van der Waals surface area contributed by atoms with E-state index in [9.17, 15) is 0 Å². The molecule has 3 rings (SSSR count). The number of rotatable bonds is 3. The second-order valence-corrected chi connectivity index (χ2v) is 4.06. The van der Waals surface area contributed by atoms with Gasteiger partial charge in [0, 0.05) is 0 Å². The third-order valence-corrected chi connectivity index (χ3v) is 2.95. The van der Waals surface area contributed by atoms with E-state index in [4.69, 9.17) is 9.15 Å². The van der Waals surface area contributed by atoms with Crippen molar-refractivity contribution in [3.05, 3.63) is 42.1 Å². The zero-order valence-electron chi connectivity index (χ0n) is 8.29. The van der Waals surface area contributed by atoms with Gasteiger partial charge in [0.15, 0.2) is 6.61 Å². The first-order valence-electron chi connectivity index (χ1n) is 4.77. The highest BCUT2D eigenvalue weighted by Crippen LogP contribution is 2.27. The molecule has 2 heterocycles. The van der Waals surface area contributed by atoms with Crippen molar-refractivity contribution >= 4 is 21.6 Å². The minimum absolute atomic E-state index is 0.323. The quantitative estimate of drug-likeness (QED) is 0.696. The van der Waals surface area contributed by atoms with Gasteiger partial charge in [0.1, 0.15) is 17.5 Å². The van der Waals surface area contributed by atoms with Crippen LogP contribution in [-0.4, -0.2) is 9.97 Å². The van der Waals surface area contributed by atoms with Gasteiger partial charge in [-0.05, 0) is 12.1 Å². The Bertz CT molecular complexity index is 589. The fourth-order valence-electron chi connectivity index (χ4n) is 1.44. The van der Waals surface area contributed by atoms with Crippen LogP contribution in [0.2, 0.25) is 0 Å². The highest BCUT2D eigenvalue weighted by atomic mass is 32.1. The number of hydrogen-bond acceptors (Lipinski definition) is 5. The zero-order valence-corrected chi connectivity index (χ0v) is 9.11. The molecule has 16 heavy (non-hydrogen) atoms. The van der Waals surface area contributed by atoms with Crippen LogP contribution < -0.4 is 4.74 Å². The van der Waals surface area contributed by atoms with Gasteiger partial charge in [0.05, 0.1) is 16.4 Å². The first-order chi connectivity index (χ1) is 7.93. The molecule has 0 aliphatic carbocycles. The van der Waals surface area contributed by atoms with Crippen molar-refractivity contribution in [2.24, 2.45) is 0 Å². The summed E-state index contributed by atoms with van der Waals surface area (Å²) in [6, 6.07) is 5.86. The molecule has 0 amide bonds. The molecule has 5 heteroatoms. The summed E-state index contributed by atoms with van der Waals surface area (Å²) in [7, 11) is 0. The largest absolute Gasteiger partial charge is 0.482 e. The van der Waals surface area contributed by atoms with Gasteiger partial charge in [0.25, 0.3) is 0 Å². The normalized spacial score (nSPS) is 10.8. The summed E-state index contributed by atoms with van der Waals surface area (Å²) < 4.78 is 11.8. The van der Waals surface area contributed by atoms with E-state index in [-0.39, 0.29) is 0 Å². The van der Waals surface area contributed by atoms with Crippen LogP contribution in [0.25, 0.3) is 10.2 Å². The first-order valence-corrected chi connectivity index (χ1v) is 5.65. The topological polar surface area (TPSA) is 48.2 Å². The van der Waals surface area contributed by atoms with Gasteiger partial charge in [-0.1, -0.05) is 6.07 Å². The van der Waals surface area contributed by atoms with Crippen LogP contribution in [0.15, 0.2) is 40.6 Å². The van der Waals surface area contributed by atoms with Crippen LogP contribution >= 0.6 is 11.3 Å². The van der Waals surface area contributed by atoms with Gasteiger partial charge >= 0.3 is 0 Å². The zero-order chi connectivity index (χ0) is 10.8. The number of para-hydroxylation sites is 1. The Labute approximate surface area is 95.5 Å². The summed E-state index contributed by atoms with van der Waals surface area (Å²) >= 11 is 1.59. The van der Waals surface area contributed by atoms with E-state index >= 15 is 0 Å².